The van der Waals surface area contributed by atoms with Crippen LogP contribution in [-0.2, 0) is 13.0 Å². The number of nitrogens with zero attached hydrogens (tertiary/aromatic N) is 2. The number of rotatable bonds is 5. The van der Waals surface area contributed by atoms with E-state index in [9.17, 15) is 5.11 Å². The number of hydrogen-bond acceptors (Lipinski definition) is 3. The van der Waals surface area contributed by atoms with Crippen molar-refractivity contribution in [1.82, 2.24) is 9.88 Å². The van der Waals surface area contributed by atoms with E-state index in [0.717, 1.165) is 18.4 Å². The summed E-state index contributed by atoms with van der Waals surface area (Å²) < 4.78 is 0. The van der Waals surface area contributed by atoms with Crippen molar-refractivity contribution in [3.05, 3.63) is 64.4 Å². The van der Waals surface area contributed by atoms with E-state index in [2.05, 4.69) is 34.1 Å². The summed E-state index contributed by atoms with van der Waals surface area (Å²) in [4.78, 5) is 6.44. The molecule has 0 saturated heterocycles. The molecule has 1 aliphatic rings. The molecule has 1 N–H and O–H groups in total. The van der Waals surface area contributed by atoms with E-state index < -0.39 is 0 Å². The van der Waals surface area contributed by atoms with E-state index in [1.807, 2.05) is 12.1 Å². The van der Waals surface area contributed by atoms with Crippen LogP contribution in [0.1, 0.15) is 29.2 Å². The van der Waals surface area contributed by atoms with Gasteiger partial charge in [0, 0.05) is 30.9 Å². The summed E-state index contributed by atoms with van der Waals surface area (Å²) in [5.41, 5.74) is 3.81. The zero-order valence-electron chi connectivity index (χ0n) is 11.9. The Morgan fingerprint density at radius 2 is 2.10 bits per heavy atom. The van der Waals surface area contributed by atoms with Crippen molar-refractivity contribution in [3.8, 4) is 0 Å². The highest BCUT2D eigenvalue weighted by molar-refractivity contribution is 6.30. The van der Waals surface area contributed by atoms with Crippen LogP contribution in [0, 0.1) is 0 Å². The summed E-state index contributed by atoms with van der Waals surface area (Å²) in [5, 5.41) is 9.95. The first-order valence-electron chi connectivity index (χ1n) is 7.31. The first kappa shape index (κ1) is 14.5. The minimum absolute atomic E-state index is 0.149. The van der Waals surface area contributed by atoms with Crippen LogP contribution in [0.4, 0.5) is 0 Å². The Morgan fingerprint density at radius 3 is 2.90 bits per heavy atom. The third-order valence-corrected chi connectivity index (χ3v) is 4.48. The van der Waals surface area contributed by atoms with Gasteiger partial charge >= 0.3 is 0 Å². The molecule has 1 atom stereocenters. The molecule has 2 aromatic rings. The van der Waals surface area contributed by atoms with Gasteiger partial charge < -0.3 is 5.11 Å². The molecule has 3 rings (SSSR count). The maximum absolute atomic E-state index is 9.40. The van der Waals surface area contributed by atoms with Crippen molar-refractivity contribution in [1.29, 1.82) is 0 Å². The molecule has 1 heterocycles. The molecule has 1 unspecified atom stereocenters. The molecule has 1 aliphatic carbocycles. The van der Waals surface area contributed by atoms with Crippen molar-refractivity contribution in [2.75, 3.05) is 13.2 Å². The topological polar surface area (TPSA) is 36.4 Å². The third kappa shape index (κ3) is 3.10. The van der Waals surface area contributed by atoms with Crippen LogP contribution in [0.3, 0.4) is 0 Å². The third-order valence-electron chi connectivity index (χ3n) is 4.14. The fourth-order valence-corrected chi connectivity index (χ4v) is 3.32. The summed E-state index contributed by atoms with van der Waals surface area (Å²) in [5.74, 6) is 0. The van der Waals surface area contributed by atoms with Gasteiger partial charge in [0.15, 0.2) is 0 Å². The monoisotopic (exact) mass is 302 g/mol. The van der Waals surface area contributed by atoms with Crippen LogP contribution in [0.5, 0.6) is 0 Å². The molecule has 0 saturated carbocycles. The highest BCUT2D eigenvalue weighted by atomic mass is 35.5. The van der Waals surface area contributed by atoms with Gasteiger partial charge in [0.1, 0.15) is 5.15 Å². The molecule has 0 aliphatic heterocycles. The van der Waals surface area contributed by atoms with Gasteiger partial charge in [-0.15, -0.1) is 0 Å². The second-order valence-electron chi connectivity index (χ2n) is 5.40. The van der Waals surface area contributed by atoms with Gasteiger partial charge in [0.2, 0.25) is 0 Å². The second-order valence-corrected chi connectivity index (χ2v) is 5.76. The molecule has 3 nitrogen and oxygen atoms in total. The van der Waals surface area contributed by atoms with Crippen molar-refractivity contribution < 1.29 is 5.11 Å². The lowest BCUT2D eigenvalue weighted by atomic mass is 10.1. The summed E-state index contributed by atoms with van der Waals surface area (Å²) >= 11 is 6.18. The highest BCUT2D eigenvalue weighted by Gasteiger charge is 2.27. The molecule has 0 spiro atoms. The number of aromatic nitrogens is 1. The van der Waals surface area contributed by atoms with Gasteiger partial charge in [-0.3, -0.25) is 4.90 Å². The standard InChI is InChI=1S/C17H19ClN2O/c18-17-14(5-3-9-19-17)12-20(10-11-21)16-8-7-13-4-1-2-6-15(13)16/h1-6,9,16,21H,7-8,10-12H2. The first-order valence-corrected chi connectivity index (χ1v) is 7.69. The number of aliphatic hydroxyl groups is 1. The zero-order chi connectivity index (χ0) is 14.7. The average molecular weight is 303 g/mol. The number of fused-ring (bicyclic) bond motifs is 1. The largest absolute Gasteiger partial charge is 0.395 e. The van der Waals surface area contributed by atoms with Crippen molar-refractivity contribution >= 4 is 11.6 Å². The maximum atomic E-state index is 9.40. The Bertz CT molecular complexity index is 617. The SMILES string of the molecule is OCCN(Cc1cccnc1Cl)C1CCc2ccccc21. The molecule has 21 heavy (non-hydrogen) atoms. The fraction of sp³-hybridized carbons (Fsp3) is 0.353. The fourth-order valence-electron chi connectivity index (χ4n) is 3.14. The molecule has 1 aromatic carbocycles. The molecule has 110 valence electrons. The minimum atomic E-state index is 0.149. The zero-order valence-corrected chi connectivity index (χ0v) is 12.6. The predicted molar refractivity (Wildman–Crippen MR) is 84.2 cm³/mol. The van der Waals surface area contributed by atoms with E-state index in [0.29, 0.717) is 24.3 Å². The predicted octanol–water partition coefficient (Wildman–Crippen LogP) is 3.22. The minimum Gasteiger partial charge on any atom is -0.395 e. The lowest BCUT2D eigenvalue weighted by Gasteiger charge is -2.29. The van der Waals surface area contributed by atoms with E-state index >= 15 is 0 Å². The summed E-state index contributed by atoms with van der Waals surface area (Å²) in [7, 11) is 0. The molecule has 0 bridgehead atoms. The lowest BCUT2D eigenvalue weighted by molar-refractivity contribution is 0.143. The lowest BCUT2D eigenvalue weighted by Crippen LogP contribution is -2.30. The number of benzene rings is 1. The van der Waals surface area contributed by atoms with Gasteiger partial charge in [0.25, 0.3) is 0 Å². The van der Waals surface area contributed by atoms with E-state index in [1.165, 1.54) is 11.1 Å². The molecule has 0 amide bonds. The average Bonchev–Trinajstić information content (AvgIpc) is 2.93. The second kappa shape index (κ2) is 6.56. The Hall–Kier alpha value is -1.42. The van der Waals surface area contributed by atoms with Gasteiger partial charge in [-0.1, -0.05) is 41.9 Å². The van der Waals surface area contributed by atoms with Crippen molar-refractivity contribution in [2.45, 2.75) is 25.4 Å². The van der Waals surface area contributed by atoms with E-state index in [1.54, 1.807) is 6.20 Å². The van der Waals surface area contributed by atoms with Crippen LogP contribution in [-0.4, -0.2) is 28.1 Å². The number of hydrogen-bond donors (Lipinski definition) is 1. The number of aliphatic hydroxyl groups excluding tert-OH is 1. The van der Waals surface area contributed by atoms with E-state index in [-0.39, 0.29) is 6.61 Å². The Balaban J connectivity index is 1.84. The Kier molecular flexibility index (Phi) is 4.54. The van der Waals surface area contributed by atoms with Gasteiger partial charge in [-0.25, -0.2) is 4.98 Å². The number of aryl methyl sites for hydroxylation is 1. The molecular formula is C17H19ClN2O. The number of halogens is 1. The van der Waals surface area contributed by atoms with Gasteiger partial charge in [-0.2, -0.15) is 0 Å². The van der Waals surface area contributed by atoms with Crippen LogP contribution in [0.25, 0.3) is 0 Å². The molecule has 0 fully saturated rings. The molecule has 0 radical (unpaired) electrons. The molecule has 1 aromatic heterocycles. The van der Waals surface area contributed by atoms with Crippen molar-refractivity contribution in [3.63, 3.8) is 0 Å². The highest BCUT2D eigenvalue weighted by Crippen LogP contribution is 2.36. The van der Waals surface area contributed by atoms with Crippen LogP contribution < -0.4 is 0 Å². The number of pyridine rings is 1. The Morgan fingerprint density at radius 1 is 1.24 bits per heavy atom. The summed E-state index contributed by atoms with van der Waals surface area (Å²) in [6.45, 7) is 1.51. The van der Waals surface area contributed by atoms with E-state index in [4.69, 9.17) is 11.6 Å². The smallest absolute Gasteiger partial charge is 0.133 e. The summed E-state index contributed by atoms with van der Waals surface area (Å²) in [6.07, 6.45) is 3.90. The van der Waals surface area contributed by atoms with Gasteiger partial charge in [0.05, 0.1) is 6.61 Å². The van der Waals surface area contributed by atoms with Crippen LogP contribution in [0.2, 0.25) is 5.15 Å². The maximum Gasteiger partial charge on any atom is 0.133 e. The normalized spacial score (nSPS) is 17.2. The quantitative estimate of drug-likeness (QED) is 0.862. The van der Waals surface area contributed by atoms with Crippen LogP contribution >= 0.6 is 11.6 Å². The van der Waals surface area contributed by atoms with Gasteiger partial charge in [-0.05, 0) is 30.0 Å². The molecular weight excluding hydrogens is 284 g/mol. The Labute approximate surface area is 130 Å². The summed E-state index contributed by atoms with van der Waals surface area (Å²) in [6, 6.07) is 12.8. The van der Waals surface area contributed by atoms with Crippen LogP contribution in [0.15, 0.2) is 42.6 Å². The van der Waals surface area contributed by atoms with Crippen molar-refractivity contribution in [2.24, 2.45) is 0 Å². The molecule has 4 heteroatoms. The first-order chi connectivity index (χ1) is 10.3.